The number of esters is 1. The van der Waals surface area contributed by atoms with E-state index in [0.29, 0.717) is 30.0 Å². The third-order valence-electron chi connectivity index (χ3n) is 4.89. The van der Waals surface area contributed by atoms with Gasteiger partial charge in [-0.05, 0) is 37.1 Å². The maximum atomic E-state index is 12.8. The van der Waals surface area contributed by atoms with Crippen LogP contribution in [0.5, 0.6) is 5.75 Å². The van der Waals surface area contributed by atoms with Gasteiger partial charge in [0.1, 0.15) is 12.4 Å². The second kappa shape index (κ2) is 8.87. The number of para-hydroxylation sites is 1. The zero-order chi connectivity index (χ0) is 20.1. The van der Waals surface area contributed by atoms with E-state index < -0.39 is 18.0 Å². The molecule has 0 spiro atoms. The number of nitrogens with zero attached hydrogens (tertiary/aromatic N) is 1. The number of ether oxygens (including phenoxy) is 3. The van der Waals surface area contributed by atoms with Gasteiger partial charge in [-0.1, -0.05) is 18.2 Å². The molecule has 7 nitrogen and oxygen atoms in total. The van der Waals surface area contributed by atoms with Gasteiger partial charge in [-0.2, -0.15) is 0 Å². The Bertz CT molecular complexity index is 906. The first kappa shape index (κ1) is 19.1. The van der Waals surface area contributed by atoms with Crippen LogP contribution in [0.4, 0.5) is 0 Å². The lowest BCUT2D eigenvalue weighted by molar-refractivity contribution is -0.153. The highest BCUT2D eigenvalue weighted by molar-refractivity contribution is 5.97. The molecule has 1 amide bonds. The highest BCUT2D eigenvalue weighted by Gasteiger charge is 2.29. The van der Waals surface area contributed by atoms with Crippen molar-refractivity contribution in [2.45, 2.75) is 25.0 Å². The zero-order valence-corrected chi connectivity index (χ0v) is 15.9. The van der Waals surface area contributed by atoms with Crippen molar-refractivity contribution in [1.82, 2.24) is 10.3 Å². The molecule has 0 saturated carbocycles. The van der Waals surface area contributed by atoms with Gasteiger partial charge in [0.25, 0.3) is 5.91 Å². The van der Waals surface area contributed by atoms with Gasteiger partial charge >= 0.3 is 5.97 Å². The zero-order valence-electron chi connectivity index (χ0n) is 15.9. The smallest absolute Gasteiger partial charge is 0.338 e. The largest absolute Gasteiger partial charge is 0.488 e. The number of amides is 1. The number of rotatable bonds is 6. The van der Waals surface area contributed by atoms with Gasteiger partial charge in [0, 0.05) is 36.7 Å². The van der Waals surface area contributed by atoms with Crippen LogP contribution in [0.25, 0.3) is 6.08 Å². The fourth-order valence-electron chi connectivity index (χ4n) is 3.34. The van der Waals surface area contributed by atoms with Crippen LogP contribution in [-0.2, 0) is 19.1 Å². The predicted molar refractivity (Wildman–Crippen MR) is 105 cm³/mol. The summed E-state index contributed by atoms with van der Waals surface area (Å²) in [4.78, 5) is 29.5. The topological polar surface area (TPSA) is 86.8 Å². The molecule has 1 N–H and O–H groups in total. The monoisotopic (exact) mass is 394 g/mol. The van der Waals surface area contributed by atoms with Crippen LogP contribution in [0.2, 0.25) is 0 Å². The third kappa shape index (κ3) is 4.63. The number of nitrogens with one attached hydrogen (secondary N) is 1. The van der Waals surface area contributed by atoms with E-state index in [1.807, 2.05) is 24.3 Å². The molecule has 0 radical (unpaired) electrons. The molecule has 4 rings (SSSR count). The van der Waals surface area contributed by atoms with Crippen LogP contribution in [0.3, 0.4) is 0 Å². The first-order valence-electron chi connectivity index (χ1n) is 9.63. The number of carbonyl (C=O) groups excluding carboxylic acids is 2. The summed E-state index contributed by atoms with van der Waals surface area (Å²) in [5, 5.41) is 2.83. The molecular weight excluding hydrogens is 372 g/mol. The van der Waals surface area contributed by atoms with Crippen molar-refractivity contribution < 1.29 is 23.8 Å². The number of carbonyl (C=O) groups is 2. The van der Waals surface area contributed by atoms with Crippen LogP contribution in [0.15, 0.2) is 54.4 Å². The number of hydrogen-bond acceptors (Lipinski definition) is 6. The third-order valence-corrected chi connectivity index (χ3v) is 4.89. The molecule has 0 bridgehead atoms. The summed E-state index contributed by atoms with van der Waals surface area (Å²) in [6.07, 6.45) is 5.66. The second-order valence-electron chi connectivity index (χ2n) is 6.94. The molecule has 2 aliphatic rings. The molecule has 3 heterocycles. The minimum absolute atomic E-state index is 0.00121. The Morgan fingerprint density at radius 1 is 1.21 bits per heavy atom. The molecular formula is C22H22N2O5. The summed E-state index contributed by atoms with van der Waals surface area (Å²) in [6, 6.07) is 10.7. The Kier molecular flexibility index (Phi) is 5.86. The van der Waals surface area contributed by atoms with Crippen LogP contribution >= 0.6 is 0 Å². The summed E-state index contributed by atoms with van der Waals surface area (Å²) < 4.78 is 16.8. The molecule has 1 aromatic carbocycles. The van der Waals surface area contributed by atoms with Gasteiger partial charge in [0.2, 0.25) is 6.10 Å². The molecule has 150 valence electrons. The quantitative estimate of drug-likeness (QED) is 0.758. The fraction of sp³-hybridized carbons (Fsp3) is 0.318. The van der Waals surface area contributed by atoms with Crippen LogP contribution in [0.1, 0.15) is 30.1 Å². The van der Waals surface area contributed by atoms with Crippen molar-refractivity contribution in [3.8, 4) is 5.75 Å². The van der Waals surface area contributed by atoms with E-state index in [1.165, 1.54) is 0 Å². The Balaban J connectivity index is 1.48. The minimum Gasteiger partial charge on any atom is -0.488 e. The summed E-state index contributed by atoms with van der Waals surface area (Å²) in [7, 11) is 0. The van der Waals surface area contributed by atoms with E-state index in [1.54, 1.807) is 30.6 Å². The lowest BCUT2D eigenvalue weighted by atomic mass is 10.1. The Hall–Kier alpha value is -3.19. The van der Waals surface area contributed by atoms with E-state index >= 15 is 0 Å². The summed E-state index contributed by atoms with van der Waals surface area (Å²) in [5.74, 6) is -0.268. The number of pyridine rings is 1. The maximum Gasteiger partial charge on any atom is 0.338 e. The summed E-state index contributed by atoms with van der Waals surface area (Å²) in [5.41, 5.74) is 1.71. The maximum absolute atomic E-state index is 12.8. The number of hydrogen-bond donors (Lipinski definition) is 1. The molecule has 2 aliphatic heterocycles. The van der Waals surface area contributed by atoms with E-state index in [-0.39, 0.29) is 12.7 Å². The van der Waals surface area contributed by atoms with Crippen molar-refractivity contribution in [3.63, 3.8) is 0 Å². The van der Waals surface area contributed by atoms with Crippen molar-refractivity contribution in [1.29, 1.82) is 0 Å². The molecule has 2 unspecified atom stereocenters. The van der Waals surface area contributed by atoms with Gasteiger partial charge in [0.05, 0.1) is 11.7 Å². The molecule has 1 fully saturated rings. The Labute approximate surface area is 168 Å². The first-order valence-corrected chi connectivity index (χ1v) is 9.63. The normalized spacial score (nSPS) is 18.8. The van der Waals surface area contributed by atoms with Crippen LogP contribution in [-0.4, -0.2) is 42.7 Å². The van der Waals surface area contributed by atoms with E-state index in [9.17, 15) is 9.59 Å². The first-order chi connectivity index (χ1) is 14.2. The molecule has 7 heteroatoms. The van der Waals surface area contributed by atoms with Crippen LogP contribution in [0, 0.1) is 0 Å². The van der Waals surface area contributed by atoms with E-state index in [2.05, 4.69) is 10.3 Å². The average molecular weight is 394 g/mol. The fourth-order valence-corrected chi connectivity index (χ4v) is 3.34. The molecule has 2 atom stereocenters. The molecule has 1 aromatic heterocycles. The number of aromatic nitrogens is 1. The molecule has 2 aromatic rings. The lowest BCUT2D eigenvalue weighted by Crippen LogP contribution is -2.37. The van der Waals surface area contributed by atoms with E-state index in [4.69, 9.17) is 14.2 Å². The highest BCUT2D eigenvalue weighted by atomic mass is 16.6. The summed E-state index contributed by atoms with van der Waals surface area (Å²) >= 11 is 0. The summed E-state index contributed by atoms with van der Waals surface area (Å²) in [6.45, 7) is 1.19. The predicted octanol–water partition coefficient (Wildman–Crippen LogP) is 2.44. The van der Waals surface area contributed by atoms with Crippen LogP contribution < -0.4 is 10.1 Å². The standard InChI is InChI=1S/C22H22N2O5/c25-21(24-13-18-5-3-11-27-18)20(15-7-9-23-10-8-15)29-22(26)17-12-16-4-1-2-6-19(16)28-14-17/h1-2,4,6-10,12,18,20H,3,5,11,13-14H2,(H,24,25). The molecule has 0 aliphatic carbocycles. The number of fused-ring (bicyclic) bond motifs is 1. The van der Waals surface area contributed by atoms with Crippen molar-refractivity contribution in [3.05, 3.63) is 65.5 Å². The second-order valence-corrected chi connectivity index (χ2v) is 6.94. The van der Waals surface area contributed by atoms with Crippen molar-refractivity contribution in [2.24, 2.45) is 0 Å². The molecule has 1 saturated heterocycles. The van der Waals surface area contributed by atoms with Gasteiger partial charge in [-0.25, -0.2) is 4.79 Å². The minimum atomic E-state index is -1.08. The number of benzene rings is 1. The van der Waals surface area contributed by atoms with Crippen molar-refractivity contribution >= 4 is 18.0 Å². The van der Waals surface area contributed by atoms with Gasteiger partial charge in [0.15, 0.2) is 0 Å². The van der Waals surface area contributed by atoms with E-state index in [0.717, 1.165) is 18.4 Å². The van der Waals surface area contributed by atoms with Gasteiger partial charge in [-0.15, -0.1) is 0 Å². The SMILES string of the molecule is O=C(OC(C(=O)NCC1CCCO1)c1ccncc1)C1=Cc2ccccc2OC1. The molecule has 29 heavy (non-hydrogen) atoms. The Morgan fingerprint density at radius 2 is 2.03 bits per heavy atom. The van der Waals surface area contributed by atoms with Gasteiger partial charge in [-0.3, -0.25) is 9.78 Å². The van der Waals surface area contributed by atoms with Crippen molar-refractivity contribution in [2.75, 3.05) is 19.8 Å². The Morgan fingerprint density at radius 3 is 2.83 bits per heavy atom. The average Bonchev–Trinajstić information content (AvgIpc) is 3.29. The highest BCUT2D eigenvalue weighted by Crippen LogP contribution is 2.27. The lowest BCUT2D eigenvalue weighted by Gasteiger charge is -2.21. The van der Waals surface area contributed by atoms with Gasteiger partial charge < -0.3 is 19.5 Å².